The number of hydrogen-bond donors (Lipinski definition) is 3. The number of aromatic nitrogens is 1. The maximum atomic E-state index is 11.7. The van der Waals surface area contributed by atoms with Crippen molar-refractivity contribution in [2.75, 3.05) is 0 Å². The maximum absolute atomic E-state index is 11.7. The van der Waals surface area contributed by atoms with Crippen molar-refractivity contribution >= 4 is 0 Å². The molecule has 1 aliphatic heterocycles. The normalized spacial score (nSPS) is 21.5. The molecule has 0 aliphatic carbocycles. The highest BCUT2D eigenvalue weighted by Gasteiger charge is 2.32. The Bertz CT molecular complexity index is 664. The van der Waals surface area contributed by atoms with Gasteiger partial charge in [-0.2, -0.15) is 0 Å². The number of nitrogens with one attached hydrogen (secondary N) is 1. The fourth-order valence-corrected chi connectivity index (χ4v) is 2.33. The third kappa shape index (κ3) is 1.98. The summed E-state index contributed by atoms with van der Waals surface area (Å²) in [6.45, 7) is 0. The summed E-state index contributed by atoms with van der Waals surface area (Å²) in [6, 6.07) is 8.24. The van der Waals surface area contributed by atoms with Crippen molar-refractivity contribution in [1.82, 2.24) is 4.98 Å². The lowest BCUT2D eigenvalue weighted by Crippen LogP contribution is -2.34. The smallest absolute Gasteiger partial charge is 0.254 e. The predicted octanol–water partition coefficient (Wildman–Crippen LogP) is 1.12. The van der Waals surface area contributed by atoms with Crippen LogP contribution in [0.25, 0.3) is 0 Å². The van der Waals surface area contributed by atoms with E-state index < -0.39 is 12.2 Å². The number of ether oxygens (including phenoxy) is 1. The summed E-state index contributed by atoms with van der Waals surface area (Å²) in [4.78, 5) is 14.3. The largest absolute Gasteiger partial charge is 0.508 e. The van der Waals surface area contributed by atoms with Gasteiger partial charge in [0.1, 0.15) is 11.5 Å². The molecule has 0 bridgehead atoms. The minimum Gasteiger partial charge on any atom is -0.508 e. The van der Waals surface area contributed by atoms with Crippen LogP contribution in [0.5, 0.6) is 11.5 Å². The van der Waals surface area contributed by atoms with Crippen LogP contribution in [0.2, 0.25) is 0 Å². The maximum Gasteiger partial charge on any atom is 0.254 e. The van der Waals surface area contributed by atoms with Crippen LogP contribution in [0.4, 0.5) is 0 Å². The van der Waals surface area contributed by atoms with E-state index in [4.69, 9.17) is 4.74 Å². The Kier molecular flexibility index (Phi) is 2.76. The SMILES string of the molecule is O=c1[nH]cccc1C1Oc2cccc(O)c2CC1O. The van der Waals surface area contributed by atoms with Crippen LogP contribution in [0.15, 0.2) is 41.3 Å². The van der Waals surface area contributed by atoms with Crippen LogP contribution in [-0.2, 0) is 6.42 Å². The molecule has 1 aromatic carbocycles. The molecular formula is C14H13NO4. The molecule has 0 fully saturated rings. The summed E-state index contributed by atoms with van der Waals surface area (Å²) < 4.78 is 5.66. The van der Waals surface area contributed by atoms with Gasteiger partial charge in [0.15, 0.2) is 6.10 Å². The molecule has 0 radical (unpaired) electrons. The summed E-state index contributed by atoms with van der Waals surface area (Å²) in [5, 5.41) is 19.9. The van der Waals surface area contributed by atoms with Gasteiger partial charge in [0.25, 0.3) is 5.56 Å². The van der Waals surface area contributed by atoms with Gasteiger partial charge in [0.2, 0.25) is 0 Å². The molecule has 0 spiro atoms. The standard InChI is InChI=1S/C14H13NO4/c16-10-4-1-5-12-9(10)7-11(17)13(19-12)8-3-2-6-15-14(8)18/h1-6,11,13,16-17H,7H2,(H,15,18). The van der Waals surface area contributed by atoms with E-state index in [1.807, 2.05) is 0 Å². The number of aromatic amines is 1. The first kappa shape index (κ1) is 11.8. The first-order chi connectivity index (χ1) is 9.16. The van der Waals surface area contributed by atoms with Crippen LogP contribution < -0.4 is 10.3 Å². The highest BCUT2D eigenvalue weighted by Crippen LogP contribution is 2.38. The molecule has 2 heterocycles. The van der Waals surface area contributed by atoms with Crippen LogP contribution in [-0.4, -0.2) is 21.3 Å². The molecule has 1 aromatic heterocycles. The quantitative estimate of drug-likeness (QED) is 0.716. The number of H-pyrrole nitrogens is 1. The molecule has 0 saturated heterocycles. The second kappa shape index (κ2) is 4.44. The number of pyridine rings is 1. The molecule has 1 aliphatic rings. The summed E-state index contributed by atoms with van der Waals surface area (Å²) >= 11 is 0. The third-order valence-electron chi connectivity index (χ3n) is 3.28. The van der Waals surface area contributed by atoms with E-state index in [1.54, 1.807) is 30.3 Å². The number of aliphatic hydroxyl groups is 1. The fourth-order valence-electron chi connectivity index (χ4n) is 2.33. The van der Waals surface area contributed by atoms with E-state index in [0.29, 0.717) is 16.9 Å². The van der Waals surface area contributed by atoms with Crippen LogP contribution in [0.3, 0.4) is 0 Å². The second-order valence-corrected chi connectivity index (χ2v) is 4.52. The molecule has 0 amide bonds. The first-order valence-electron chi connectivity index (χ1n) is 6.00. The molecule has 0 saturated carbocycles. The Morgan fingerprint density at radius 2 is 2.11 bits per heavy atom. The molecule has 3 N–H and O–H groups in total. The molecule has 3 rings (SSSR count). The van der Waals surface area contributed by atoms with Crippen molar-refractivity contribution in [1.29, 1.82) is 0 Å². The van der Waals surface area contributed by atoms with E-state index in [-0.39, 0.29) is 17.7 Å². The lowest BCUT2D eigenvalue weighted by atomic mass is 9.95. The first-order valence-corrected chi connectivity index (χ1v) is 6.00. The Labute approximate surface area is 109 Å². The van der Waals surface area contributed by atoms with Gasteiger partial charge < -0.3 is 19.9 Å². The Hall–Kier alpha value is -2.27. The molecule has 2 aromatic rings. The van der Waals surface area contributed by atoms with E-state index in [2.05, 4.69) is 4.98 Å². The van der Waals surface area contributed by atoms with Crippen LogP contribution >= 0.6 is 0 Å². The molecular weight excluding hydrogens is 246 g/mol. The van der Waals surface area contributed by atoms with Gasteiger partial charge in [-0.1, -0.05) is 6.07 Å². The number of aliphatic hydroxyl groups excluding tert-OH is 1. The third-order valence-corrected chi connectivity index (χ3v) is 3.28. The summed E-state index contributed by atoms with van der Waals surface area (Å²) in [7, 11) is 0. The Morgan fingerprint density at radius 3 is 2.89 bits per heavy atom. The zero-order chi connectivity index (χ0) is 13.4. The highest BCUT2D eigenvalue weighted by molar-refractivity contribution is 5.46. The number of phenolic OH excluding ortho intramolecular Hbond substituents is 1. The van der Waals surface area contributed by atoms with Crippen LogP contribution in [0.1, 0.15) is 17.2 Å². The highest BCUT2D eigenvalue weighted by atomic mass is 16.5. The van der Waals surface area contributed by atoms with Gasteiger partial charge >= 0.3 is 0 Å². The lowest BCUT2D eigenvalue weighted by molar-refractivity contribution is 0.0192. The van der Waals surface area contributed by atoms with E-state index in [9.17, 15) is 15.0 Å². The summed E-state index contributed by atoms with van der Waals surface area (Å²) in [5.74, 6) is 0.593. The van der Waals surface area contributed by atoms with Crippen molar-refractivity contribution < 1.29 is 14.9 Å². The van der Waals surface area contributed by atoms with Crippen molar-refractivity contribution in [2.45, 2.75) is 18.6 Å². The number of rotatable bonds is 1. The lowest BCUT2D eigenvalue weighted by Gasteiger charge is -2.30. The average Bonchev–Trinajstić information content (AvgIpc) is 2.40. The number of hydrogen-bond acceptors (Lipinski definition) is 4. The number of phenols is 1. The molecule has 2 unspecified atom stereocenters. The Balaban J connectivity index is 2.03. The van der Waals surface area contributed by atoms with Crippen LogP contribution in [0, 0.1) is 0 Å². The van der Waals surface area contributed by atoms with Crippen molar-refractivity contribution in [3.8, 4) is 11.5 Å². The number of fused-ring (bicyclic) bond motifs is 1. The van der Waals surface area contributed by atoms with Gasteiger partial charge in [0.05, 0.1) is 11.7 Å². The average molecular weight is 259 g/mol. The molecule has 98 valence electrons. The van der Waals surface area contributed by atoms with Gasteiger partial charge in [-0.05, 0) is 24.3 Å². The molecule has 2 atom stereocenters. The topological polar surface area (TPSA) is 82.6 Å². The zero-order valence-electron chi connectivity index (χ0n) is 10.0. The molecule has 5 heteroatoms. The minimum absolute atomic E-state index is 0.0944. The summed E-state index contributed by atoms with van der Waals surface area (Å²) in [5.41, 5.74) is 0.665. The minimum atomic E-state index is -0.871. The number of benzene rings is 1. The molecule has 5 nitrogen and oxygen atoms in total. The summed E-state index contributed by atoms with van der Waals surface area (Å²) in [6.07, 6.45) is 0.186. The second-order valence-electron chi connectivity index (χ2n) is 4.52. The van der Waals surface area contributed by atoms with E-state index in [0.717, 1.165) is 0 Å². The predicted molar refractivity (Wildman–Crippen MR) is 68.2 cm³/mol. The van der Waals surface area contributed by atoms with Gasteiger partial charge in [0, 0.05) is 18.2 Å². The fraction of sp³-hybridized carbons (Fsp3) is 0.214. The monoisotopic (exact) mass is 259 g/mol. The van der Waals surface area contributed by atoms with Crippen molar-refractivity contribution in [3.05, 3.63) is 58.0 Å². The van der Waals surface area contributed by atoms with E-state index in [1.165, 1.54) is 6.20 Å². The van der Waals surface area contributed by atoms with Gasteiger partial charge in [-0.15, -0.1) is 0 Å². The van der Waals surface area contributed by atoms with Gasteiger partial charge in [-0.3, -0.25) is 4.79 Å². The van der Waals surface area contributed by atoms with E-state index >= 15 is 0 Å². The van der Waals surface area contributed by atoms with Crippen molar-refractivity contribution in [3.63, 3.8) is 0 Å². The molecule has 19 heavy (non-hydrogen) atoms. The van der Waals surface area contributed by atoms with Crippen molar-refractivity contribution in [2.24, 2.45) is 0 Å². The number of aromatic hydroxyl groups is 1. The van der Waals surface area contributed by atoms with Gasteiger partial charge in [-0.25, -0.2) is 0 Å². The Morgan fingerprint density at radius 1 is 1.26 bits per heavy atom. The zero-order valence-corrected chi connectivity index (χ0v) is 10.0.